The monoisotopic (exact) mass is 399 g/mol. The second-order valence-electron chi connectivity index (χ2n) is 7.47. The highest BCUT2D eigenvalue weighted by atomic mass is 32.1. The molecule has 1 saturated heterocycles. The van der Waals surface area contributed by atoms with Crippen LogP contribution in [0, 0.1) is 6.92 Å². The number of fused-ring (bicyclic) bond motifs is 1. The Kier molecular flexibility index (Phi) is 5.46. The van der Waals surface area contributed by atoms with Crippen molar-refractivity contribution in [2.24, 2.45) is 0 Å². The first kappa shape index (κ1) is 19.1. The van der Waals surface area contributed by atoms with E-state index in [2.05, 4.69) is 31.9 Å². The van der Waals surface area contributed by atoms with Crippen molar-refractivity contribution in [3.8, 4) is 10.6 Å². The molecule has 7 heteroatoms. The standard InChI is InChI=1S/C21H25N3O3S/c1-13(2)24-20-17(11-22-24)16(10-18(23-20)19-8-7-14(3)28-19)21(25)27-12-15-6-4-5-9-26-15/h7-8,10-11,13,15H,4-6,9,12H2,1-3H3. The second-order valence-corrected chi connectivity index (χ2v) is 8.76. The molecule has 4 heterocycles. The fourth-order valence-electron chi connectivity index (χ4n) is 3.45. The molecule has 3 aromatic heterocycles. The minimum atomic E-state index is -0.348. The molecule has 0 N–H and O–H groups in total. The highest BCUT2D eigenvalue weighted by Gasteiger charge is 2.22. The molecule has 1 aliphatic heterocycles. The Morgan fingerprint density at radius 3 is 2.93 bits per heavy atom. The van der Waals surface area contributed by atoms with Gasteiger partial charge in [-0.25, -0.2) is 14.5 Å². The van der Waals surface area contributed by atoms with Crippen molar-refractivity contribution in [2.75, 3.05) is 13.2 Å². The van der Waals surface area contributed by atoms with Crippen LogP contribution in [0.1, 0.15) is 54.4 Å². The number of thiophene rings is 1. The number of nitrogens with zero attached hydrogens (tertiary/aromatic N) is 3. The van der Waals surface area contributed by atoms with Crippen LogP contribution in [0.3, 0.4) is 0 Å². The maximum atomic E-state index is 12.9. The number of rotatable bonds is 5. The number of aromatic nitrogens is 3. The summed E-state index contributed by atoms with van der Waals surface area (Å²) in [7, 11) is 0. The smallest absolute Gasteiger partial charge is 0.339 e. The number of aryl methyl sites for hydroxylation is 1. The van der Waals surface area contributed by atoms with Crippen molar-refractivity contribution in [1.82, 2.24) is 14.8 Å². The van der Waals surface area contributed by atoms with Gasteiger partial charge in [-0.1, -0.05) is 0 Å². The molecule has 0 saturated carbocycles. The Hall–Kier alpha value is -2.25. The highest BCUT2D eigenvalue weighted by molar-refractivity contribution is 7.15. The van der Waals surface area contributed by atoms with Crippen LogP contribution >= 0.6 is 11.3 Å². The number of hydrogen-bond acceptors (Lipinski definition) is 6. The number of carbonyl (C=O) groups excluding carboxylic acids is 1. The number of esters is 1. The third kappa shape index (κ3) is 3.82. The Morgan fingerprint density at radius 1 is 1.39 bits per heavy atom. The predicted molar refractivity (Wildman–Crippen MR) is 110 cm³/mol. The molecular formula is C21H25N3O3S. The topological polar surface area (TPSA) is 66.2 Å². The van der Waals surface area contributed by atoms with Gasteiger partial charge in [0.25, 0.3) is 0 Å². The van der Waals surface area contributed by atoms with E-state index in [1.165, 1.54) is 4.88 Å². The van der Waals surface area contributed by atoms with Crippen molar-refractivity contribution in [2.45, 2.75) is 52.2 Å². The third-order valence-electron chi connectivity index (χ3n) is 4.94. The number of hydrogen-bond donors (Lipinski definition) is 0. The van der Waals surface area contributed by atoms with Crippen LogP contribution in [0.15, 0.2) is 24.4 Å². The molecule has 28 heavy (non-hydrogen) atoms. The molecule has 1 atom stereocenters. The maximum absolute atomic E-state index is 12.9. The second kappa shape index (κ2) is 8.01. The van der Waals surface area contributed by atoms with Crippen LogP contribution in [0.4, 0.5) is 0 Å². The van der Waals surface area contributed by atoms with Crippen LogP contribution in [0.25, 0.3) is 21.6 Å². The molecule has 0 radical (unpaired) electrons. The van der Waals surface area contributed by atoms with E-state index in [9.17, 15) is 4.79 Å². The van der Waals surface area contributed by atoms with Gasteiger partial charge in [0.2, 0.25) is 0 Å². The van der Waals surface area contributed by atoms with Gasteiger partial charge in [-0.3, -0.25) is 0 Å². The zero-order chi connectivity index (χ0) is 19.7. The first-order valence-electron chi connectivity index (χ1n) is 9.76. The van der Waals surface area contributed by atoms with E-state index in [1.807, 2.05) is 16.8 Å². The van der Waals surface area contributed by atoms with Gasteiger partial charge < -0.3 is 9.47 Å². The molecule has 0 aliphatic carbocycles. The van der Waals surface area contributed by atoms with Crippen molar-refractivity contribution in [1.29, 1.82) is 0 Å². The lowest BCUT2D eigenvalue weighted by molar-refractivity contribution is -0.0299. The minimum Gasteiger partial charge on any atom is -0.459 e. The molecule has 1 aliphatic rings. The summed E-state index contributed by atoms with van der Waals surface area (Å²) in [5.74, 6) is -0.348. The number of ether oxygens (including phenoxy) is 2. The maximum Gasteiger partial charge on any atom is 0.339 e. The summed E-state index contributed by atoms with van der Waals surface area (Å²) < 4.78 is 13.1. The molecule has 4 rings (SSSR count). The fourth-order valence-corrected chi connectivity index (χ4v) is 4.28. The quantitative estimate of drug-likeness (QED) is 0.578. The van der Waals surface area contributed by atoms with E-state index < -0.39 is 0 Å². The van der Waals surface area contributed by atoms with Crippen LogP contribution in [0.5, 0.6) is 0 Å². The van der Waals surface area contributed by atoms with Crippen molar-refractivity contribution < 1.29 is 14.3 Å². The summed E-state index contributed by atoms with van der Waals surface area (Å²) in [5, 5.41) is 5.18. The first-order valence-corrected chi connectivity index (χ1v) is 10.6. The molecule has 6 nitrogen and oxygen atoms in total. The van der Waals surface area contributed by atoms with E-state index in [-0.39, 0.29) is 24.7 Å². The molecule has 148 valence electrons. The van der Waals surface area contributed by atoms with Crippen LogP contribution in [-0.2, 0) is 9.47 Å². The highest BCUT2D eigenvalue weighted by Crippen LogP contribution is 2.31. The fraction of sp³-hybridized carbons (Fsp3) is 0.476. The largest absolute Gasteiger partial charge is 0.459 e. The Balaban J connectivity index is 1.70. The summed E-state index contributed by atoms with van der Waals surface area (Å²) >= 11 is 1.66. The Morgan fingerprint density at radius 2 is 2.25 bits per heavy atom. The Bertz CT molecular complexity index is 986. The molecule has 1 fully saturated rings. The van der Waals surface area contributed by atoms with E-state index in [1.54, 1.807) is 17.5 Å². The van der Waals surface area contributed by atoms with Gasteiger partial charge in [-0.15, -0.1) is 11.3 Å². The van der Waals surface area contributed by atoms with Crippen LogP contribution in [0.2, 0.25) is 0 Å². The molecule has 0 amide bonds. The summed E-state index contributed by atoms with van der Waals surface area (Å²) in [5.41, 5.74) is 1.99. The molecule has 3 aromatic rings. The average molecular weight is 400 g/mol. The minimum absolute atomic E-state index is 0.00664. The van der Waals surface area contributed by atoms with Gasteiger partial charge >= 0.3 is 5.97 Å². The molecule has 0 bridgehead atoms. The summed E-state index contributed by atoms with van der Waals surface area (Å²) in [4.78, 5) is 20.0. The lowest BCUT2D eigenvalue weighted by Crippen LogP contribution is -2.26. The van der Waals surface area contributed by atoms with Gasteiger partial charge in [0, 0.05) is 17.5 Å². The predicted octanol–water partition coefficient (Wildman–Crippen LogP) is 4.78. The first-order chi connectivity index (χ1) is 13.5. The van der Waals surface area contributed by atoms with Crippen molar-refractivity contribution >= 4 is 28.3 Å². The van der Waals surface area contributed by atoms with Crippen molar-refractivity contribution in [3.05, 3.63) is 34.8 Å². The van der Waals surface area contributed by atoms with Gasteiger partial charge in [-0.05, 0) is 58.2 Å². The van der Waals surface area contributed by atoms with E-state index in [4.69, 9.17) is 14.5 Å². The normalized spacial score (nSPS) is 17.4. The van der Waals surface area contributed by atoms with Crippen LogP contribution in [-0.4, -0.2) is 40.1 Å². The van der Waals surface area contributed by atoms with E-state index in [0.717, 1.165) is 41.8 Å². The number of carbonyl (C=O) groups is 1. The molecule has 1 unspecified atom stereocenters. The Labute approximate surface area is 168 Å². The van der Waals surface area contributed by atoms with Gasteiger partial charge in [-0.2, -0.15) is 5.10 Å². The third-order valence-corrected chi connectivity index (χ3v) is 5.97. The van der Waals surface area contributed by atoms with Gasteiger partial charge in [0.05, 0.1) is 33.8 Å². The number of pyridine rings is 1. The zero-order valence-electron chi connectivity index (χ0n) is 16.5. The van der Waals surface area contributed by atoms with Crippen molar-refractivity contribution in [3.63, 3.8) is 0 Å². The van der Waals surface area contributed by atoms with E-state index in [0.29, 0.717) is 11.2 Å². The molecule has 0 aromatic carbocycles. The zero-order valence-corrected chi connectivity index (χ0v) is 17.3. The van der Waals surface area contributed by atoms with Crippen LogP contribution < -0.4 is 0 Å². The van der Waals surface area contributed by atoms with Gasteiger partial charge in [0.1, 0.15) is 6.61 Å². The lowest BCUT2D eigenvalue weighted by atomic mass is 10.1. The van der Waals surface area contributed by atoms with Gasteiger partial charge in [0.15, 0.2) is 5.65 Å². The average Bonchev–Trinajstić information content (AvgIpc) is 3.32. The summed E-state index contributed by atoms with van der Waals surface area (Å²) in [6, 6.07) is 6.06. The molecular weight excluding hydrogens is 374 g/mol. The SMILES string of the molecule is Cc1ccc(-c2cc(C(=O)OCC3CCCCO3)c3cnn(C(C)C)c3n2)s1. The van der Waals surface area contributed by atoms with E-state index >= 15 is 0 Å². The molecule has 0 spiro atoms. The lowest BCUT2D eigenvalue weighted by Gasteiger charge is -2.22. The summed E-state index contributed by atoms with van der Waals surface area (Å²) in [6.07, 6.45) is 4.83. The summed E-state index contributed by atoms with van der Waals surface area (Å²) in [6.45, 7) is 7.19.